The van der Waals surface area contributed by atoms with Gasteiger partial charge in [0.1, 0.15) is 5.75 Å². The molecule has 0 fully saturated rings. The fourth-order valence-electron chi connectivity index (χ4n) is 3.56. The molecule has 37 heavy (non-hydrogen) atoms. The highest BCUT2D eigenvalue weighted by atomic mass is 35.5. The van der Waals surface area contributed by atoms with E-state index in [1.807, 2.05) is 37.3 Å². The van der Waals surface area contributed by atoms with Gasteiger partial charge in [-0.2, -0.15) is 5.10 Å². The van der Waals surface area contributed by atoms with Crippen LogP contribution in [0.1, 0.15) is 31.8 Å². The molecular weight excluding hydrogens is 513 g/mol. The highest BCUT2D eigenvalue weighted by Crippen LogP contribution is 2.29. The quantitative estimate of drug-likeness (QED) is 0.141. The summed E-state index contributed by atoms with van der Waals surface area (Å²) in [5.41, 5.74) is 4.40. The lowest BCUT2D eigenvalue weighted by Crippen LogP contribution is -2.34. The van der Waals surface area contributed by atoms with Crippen molar-refractivity contribution in [2.45, 2.75) is 6.92 Å². The highest BCUT2D eigenvalue weighted by molar-refractivity contribution is 6.36. The number of halogens is 2. The molecule has 0 aromatic heterocycles. The van der Waals surface area contributed by atoms with E-state index in [1.165, 1.54) is 18.3 Å². The minimum absolute atomic E-state index is 0.153. The van der Waals surface area contributed by atoms with Crippen molar-refractivity contribution in [3.05, 3.63) is 111 Å². The SMILES string of the molecule is Cc1cccc(C(=O)NCC(=O)N/N=C\c2c(OC(=O)c3ccc(Cl)cc3Cl)ccc3ccccc23)c1. The molecule has 186 valence electrons. The van der Waals surface area contributed by atoms with E-state index in [0.717, 1.165) is 16.3 Å². The van der Waals surface area contributed by atoms with Crippen LogP contribution in [0.5, 0.6) is 5.75 Å². The smallest absolute Gasteiger partial charge is 0.345 e. The molecule has 0 atom stereocenters. The van der Waals surface area contributed by atoms with E-state index in [-0.39, 0.29) is 28.8 Å². The van der Waals surface area contributed by atoms with Crippen molar-refractivity contribution in [2.75, 3.05) is 6.54 Å². The zero-order valence-electron chi connectivity index (χ0n) is 19.6. The first-order chi connectivity index (χ1) is 17.8. The molecule has 0 spiro atoms. The second-order valence-corrected chi connectivity index (χ2v) is 8.90. The van der Waals surface area contributed by atoms with Gasteiger partial charge in [-0.3, -0.25) is 9.59 Å². The van der Waals surface area contributed by atoms with Gasteiger partial charge in [-0.1, -0.05) is 71.2 Å². The number of hydrazone groups is 1. The maximum atomic E-state index is 12.8. The van der Waals surface area contributed by atoms with Gasteiger partial charge in [-0.15, -0.1) is 0 Å². The molecule has 0 heterocycles. The minimum Gasteiger partial charge on any atom is -0.422 e. The van der Waals surface area contributed by atoms with Crippen molar-refractivity contribution in [1.82, 2.24) is 10.7 Å². The lowest BCUT2D eigenvalue weighted by molar-refractivity contribution is -0.120. The molecule has 0 bridgehead atoms. The number of carbonyl (C=O) groups is 3. The number of ether oxygens (including phenoxy) is 1. The predicted octanol–water partition coefficient (Wildman–Crippen LogP) is 5.55. The van der Waals surface area contributed by atoms with E-state index in [2.05, 4.69) is 15.8 Å². The number of hydrogen-bond acceptors (Lipinski definition) is 5. The summed E-state index contributed by atoms with van der Waals surface area (Å²) < 4.78 is 5.63. The molecule has 4 aromatic rings. The van der Waals surface area contributed by atoms with Gasteiger partial charge in [0.25, 0.3) is 11.8 Å². The van der Waals surface area contributed by atoms with E-state index < -0.39 is 11.9 Å². The van der Waals surface area contributed by atoms with E-state index in [4.69, 9.17) is 27.9 Å². The third kappa shape index (κ3) is 6.52. The average Bonchev–Trinajstić information content (AvgIpc) is 2.88. The Balaban J connectivity index is 1.49. The second-order valence-electron chi connectivity index (χ2n) is 8.06. The second kappa shape index (κ2) is 11.7. The molecule has 0 unspecified atom stereocenters. The number of fused-ring (bicyclic) bond motifs is 1. The number of carbonyl (C=O) groups excluding carboxylic acids is 3. The first-order valence-corrected chi connectivity index (χ1v) is 11.9. The molecule has 2 N–H and O–H groups in total. The van der Waals surface area contributed by atoms with Crippen molar-refractivity contribution in [3.8, 4) is 5.75 Å². The van der Waals surface area contributed by atoms with E-state index in [1.54, 1.807) is 36.4 Å². The Hall–Kier alpha value is -4.20. The Morgan fingerprint density at radius 1 is 0.946 bits per heavy atom. The van der Waals surface area contributed by atoms with Crippen molar-refractivity contribution in [2.24, 2.45) is 5.10 Å². The molecule has 0 radical (unpaired) electrons. The molecule has 0 aliphatic heterocycles. The Morgan fingerprint density at radius 2 is 1.76 bits per heavy atom. The lowest BCUT2D eigenvalue weighted by Gasteiger charge is -2.11. The largest absolute Gasteiger partial charge is 0.422 e. The van der Waals surface area contributed by atoms with Gasteiger partial charge >= 0.3 is 5.97 Å². The lowest BCUT2D eigenvalue weighted by atomic mass is 10.0. The first-order valence-electron chi connectivity index (χ1n) is 11.2. The molecule has 0 aliphatic rings. The molecule has 0 saturated carbocycles. The van der Waals surface area contributed by atoms with Crippen LogP contribution in [0.2, 0.25) is 10.0 Å². The zero-order valence-corrected chi connectivity index (χ0v) is 21.1. The summed E-state index contributed by atoms with van der Waals surface area (Å²) in [7, 11) is 0. The van der Waals surface area contributed by atoms with Gasteiger partial charge in [0.2, 0.25) is 0 Å². The van der Waals surface area contributed by atoms with Gasteiger partial charge in [0.05, 0.1) is 23.3 Å². The minimum atomic E-state index is -0.672. The number of esters is 1. The Morgan fingerprint density at radius 3 is 2.54 bits per heavy atom. The fourth-order valence-corrected chi connectivity index (χ4v) is 4.05. The number of nitrogens with zero attached hydrogens (tertiary/aromatic N) is 1. The summed E-state index contributed by atoms with van der Waals surface area (Å²) >= 11 is 12.1. The molecule has 4 rings (SSSR count). The molecule has 7 nitrogen and oxygen atoms in total. The zero-order chi connectivity index (χ0) is 26.4. The number of aryl methyl sites for hydroxylation is 1. The number of amides is 2. The van der Waals surface area contributed by atoms with Gasteiger partial charge in [0, 0.05) is 16.1 Å². The molecule has 2 amide bonds. The van der Waals surface area contributed by atoms with Crippen molar-refractivity contribution in [3.63, 3.8) is 0 Å². The van der Waals surface area contributed by atoms with Crippen molar-refractivity contribution < 1.29 is 19.1 Å². The van der Waals surface area contributed by atoms with Crippen LogP contribution in [0.3, 0.4) is 0 Å². The summed E-state index contributed by atoms with van der Waals surface area (Å²) in [6.45, 7) is 1.61. The summed E-state index contributed by atoms with van der Waals surface area (Å²) in [5.74, 6) is -1.34. The highest BCUT2D eigenvalue weighted by Gasteiger charge is 2.16. The van der Waals surface area contributed by atoms with E-state index in [9.17, 15) is 14.4 Å². The van der Waals surface area contributed by atoms with Crippen LogP contribution in [0.25, 0.3) is 10.8 Å². The van der Waals surface area contributed by atoms with Gasteiger partial charge in [0.15, 0.2) is 0 Å². The summed E-state index contributed by atoms with van der Waals surface area (Å²) in [5, 5.41) is 8.75. The number of rotatable bonds is 7. The van der Waals surface area contributed by atoms with Crippen molar-refractivity contribution >= 4 is 58.0 Å². The van der Waals surface area contributed by atoms with Crippen LogP contribution in [0.4, 0.5) is 0 Å². The van der Waals surface area contributed by atoms with Crippen LogP contribution in [-0.4, -0.2) is 30.5 Å². The molecule has 0 saturated heterocycles. The van der Waals surface area contributed by atoms with Crippen LogP contribution >= 0.6 is 23.2 Å². The Labute approximate surface area is 223 Å². The summed E-state index contributed by atoms with van der Waals surface area (Å²) in [6.07, 6.45) is 1.38. The Kier molecular flexibility index (Phi) is 8.18. The molecule has 4 aromatic carbocycles. The number of benzene rings is 4. The molecule has 9 heteroatoms. The number of nitrogens with one attached hydrogen (secondary N) is 2. The summed E-state index contributed by atoms with van der Waals surface area (Å²) in [6, 6.07) is 22.4. The third-order valence-electron chi connectivity index (χ3n) is 5.36. The van der Waals surface area contributed by atoms with Gasteiger partial charge in [-0.25, -0.2) is 10.2 Å². The molecule has 0 aliphatic carbocycles. The van der Waals surface area contributed by atoms with Gasteiger partial charge < -0.3 is 10.1 Å². The summed E-state index contributed by atoms with van der Waals surface area (Å²) in [4.78, 5) is 37.3. The maximum Gasteiger partial charge on any atom is 0.345 e. The van der Waals surface area contributed by atoms with Gasteiger partial charge in [-0.05, 0) is 54.1 Å². The van der Waals surface area contributed by atoms with Crippen LogP contribution in [-0.2, 0) is 4.79 Å². The van der Waals surface area contributed by atoms with E-state index in [0.29, 0.717) is 16.1 Å². The maximum absolute atomic E-state index is 12.8. The van der Waals surface area contributed by atoms with Crippen LogP contribution < -0.4 is 15.5 Å². The standard InChI is InChI=1S/C28H21Cl2N3O4/c1-17-5-4-7-19(13-17)27(35)31-16-26(34)33-32-15-23-21-8-3-2-6-18(21)9-12-25(23)37-28(36)22-11-10-20(29)14-24(22)30/h2-15H,16H2,1H3,(H,31,35)(H,33,34)/b32-15-. The monoisotopic (exact) mass is 533 g/mol. The van der Waals surface area contributed by atoms with Crippen LogP contribution in [0.15, 0.2) is 84.0 Å². The normalized spacial score (nSPS) is 10.9. The number of hydrogen-bond donors (Lipinski definition) is 2. The fraction of sp³-hybridized carbons (Fsp3) is 0.0714. The first kappa shape index (κ1) is 25.9. The predicted molar refractivity (Wildman–Crippen MR) is 145 cm³/mol. The average molecular weight is 534 g/mol. The Bertz CT molecular complexity index is 1540. The third-order valence-corrected chi connectivity index (χ3v) is 5.90. The molecular formula is C28H21Cl2N3O4. The van der Waals surface area contributed by atoms with Crippen molar-refractivity contribution in [1.29, 1.82) is 0 Å². The topological polar surface area (TPSA) is 96.9 Å². The van der Waals surface area contributed by atoms with Crippen LogP contribution in [0, 0.1) is 6.92 Å². The van der Waals surface area contributed by atoms with E-state index >= 15 is 0 Å².